The summed E-state index contributed by atoms with van der Waals surface area (Å²) in [5, 5.41) is 10.7. The Morgan fingerprint density at radius 2 is 1.82 bits per heavy atom. The Kier molecular flexibility index (Phi) is 4.98. The van der Waals surface area contributed by atoms with Gasteiger partial charge in [0, 0.05) is 16.8 Å². The van der Waals surface area contributed by atoms with Crippen LogP contribution in [0.1, 0.15) is 27.7 Å². The van der Waals surface area contributed by atoms with E-state index in [-0.39, 0.29) is 39.2 Å². The average molecular weight is 464 g/mol. The molecule has 0 fully saturated rings. The molecule has 0 aliphatic carbocycles. The van der Waals surface area contributed by atoms with E-state index in [1.54, 1.807) is 48.5 Å². The van der Waals surface area contributed by atoms with Gasteiger partial charge in [0.1, 0.15) is 11.3 Å². The van der Waals surface area contributed by atoms with Crippen LogP contribution in [-0.4, -0.2) is 25.2 Å². The number of phenols is 1. The van der Waals surface area contributed by atoms with Gasteiger partial charge in [-0.1, -0.05) is 23.7 Å². The number of rotatable bonds is 4. The molecule has 0 radical (unpaired) electrons. The van der Waals surface area contributed by atoms with Gasteiger partial charge in [0.05, 0.1) is 31.2 Å². The number of aromatic hydroxyl groups is 1. The highest BCUT2D eigenvalue weighted by Gasteiger charge is 2.44. The van der Waals surface area contributed by atoms with Gasteiger partial charge in [-0.2, -0.15) is 0 Å². The fourth-order valence-corrected chi connectivity index (χ4v) is 4.32. The quantitative estimate of drug-likeness (QED) is 0.462. The van der Waals surface area contributed by atoms with Crippen molar-refractivity contribution in [2.45, 2.75) is 6.04 Å². The molecule has 2 heterocycles. The van der Waals surface area contributed by atoms with Gasteiger partial charge in [0.25, 0.3) is 5.91 Å². The molecule has 1 aliphatic heterocycles. The van der Waals surface area contributed by atoms with Crippen LogP contribution in [0.3, 0.4) is 0 Å². The lowest BCUT2D eigenvalue weighted by Gasteiger charge is -2.26. The van der Waals surface area contributed by atoms with E-state index >= 15 is 0 Å². The zero-order valence-corrected chi connectivity index (χ0v) is 18.4. The molecular formula is C25H18ClNO6. The topological polar surface area (TPSA) is 89.2 Å². The maximum Gasteiger partial charge on any atom is 0.295 e. The first-order valence-electron chi connectivity index (χ1n) is 10.0. The van der Waals surface area contributed by atoms with E-state index < -0.39 is 11.9 Å². The van der Waals surface area contributed by atoms with Crippen LogP contribution >= 0.6 is 11.6 Å². The minimum atomic E-state index is -0.825. The van der Waals surface area contributed by atoms with E-state index in [1.807, 2.05) is 0 Å². The van der Waals surface area contributed by atoms with Crippen LogP contribution in [0.5, 0.6) is 17.2 Å². The van der Waals surface area contributed by atoms with Crippen molar-refractivity contribution in [1.29, 1.82) is 0 Å². The van der Waals surface area contributed by atoms with Crippen LogP contribution in [0.15, 0.2) is 69.9 Å². The minimum absolute atomic E-state index is 0.0466. The number of ether oxygens (including phenoxy) is 2. The zero-order chi connectivity index (χ0) is 23.3. The summed E-state index contributed by atoms with van der Waals surface area (Å²) >= 11 is 6.12. The molecule has 7 nitrogen and oxygen atoms in total. The van der Waals surface area contributed by atoms with E-state index in [4.69, 9.17) is 25.5 Å². The molecule has 3 aromatic carbocycles. The Bertz CT molecular complexity index is 1480. The monoisotopic (exact) mass is 463 g/mol. The van der Waals surface area contributed by atoms with Gasteiger partial charge in [0.15, 0.2) is 16.9 Å². The number of carbonyl (C=O) groups excluding carboxylic acids is 1. The Hall–Kier alpha value is -3.97. The number of fused-ring (bicyclic) bond motifs is 2. The fourth-order valence-electron chi connectivity index (χ4n) is 4.15. The van der Waals surface area contributed by atoms with Gasteiger partial charge >= 0.3 is 0 Å². The summed E-state index contributed by atoms with van der Waals surface area (Å²) in [6.45, 7) is 0. The van der Waals surface area contributed by atoms with Crippen LogP contribution in [0, 0.1) is 0 Å². The summed E-state index contributed by atoms with van der Waals surface area (Å²) in [6.07, 6.45) is 0. The standard InChI is InChI=1S/C25H18ClNO6/c1-31-16-5-3-4-15(12-16)27-22(13-6-8-18(28)20(10-13)32-2)21-23(29)17-11-14(26)7-9-19(17)33-24(21)25(27)30/h3-12,22,28H,1-2H3. The highest BCUT2D eigenvalue weighted by Crippen LogP contribution is 2.43. The van der Waals surface area contributed by atoms with E-state index in [0.717, 1.165) is 0 Å². The SMILES string of the molecule is COc1cccc(N2C(=O)c3oc4ccc(Cl)cc4c(=O)c3C2c2ccc(O)c(OC)c2)c1. The molecule has 166 valence electrons. The Balaban J connectivity index is 1.82. The molecule has 0 saturated carbocycles. The van der Waals surface area contributed by atoms with Gasteiger partial charge in [-0.3, -0.25) is 14.5 Å². The number of amides is 1. The summed E-state index contributed by atoms with van der Waals surface area (Å²) in [5.41, 5.74) is 1.18. The molecule has 1 atom stereocenters. The number of halogens is 1. The summed E-state index contributed by atoms with van der Waals surface area (Å²) < 4.78 is 16.5. The van der Waals surface area contributed by atoms with Crippen LogP contribution in [0.2, 0.25) is 5.02 Å². The number of phenolic OH excluding ortho intramolecular Hbond substituents is 1. The van der Waals surface area contributed by atoms with Gasteiger partial charge in [0.2, 0.25) is 5.76 Å². The highest BCUT2D eigenvalue weighted by molar-refractivity contribution is 6.31. The maximum absolute atomic E-state index is 13.6. The van der Waals surface area contributed by atoms with Crippen molar-refractivity contribution in [3.05, 3.63) is 92.8 Å². The Morgan fingerprint density at radius 1 is 1.00 bits per heavy atom. The van der Waals surface area contributed by atoms with E-state index in [1.165, 1.54) is 31.3 Å². The van der Waals surface area contributed by atoms with Gasteiger partial charge in [-0.15, -0.1) is 0 Å². The third-order valence-corrected chi connectivity index (χ3v) is 5.92. The molecule has 8 heteroatoms. The third-order valence-electron chi connectivity index (χ3n) is 5.68. The average Bonchev–Trinajstić information content (AvgIpc) is 3.12. The molecule has 5 rings (SSSR count). The number of methoxy groups -OCH3 is 2. The molecule has 33 heavy (non-hydrogen) atoms. The van der Waals surface area contributed by atoms with E-state index in [0.29, 0.717) is 22.0 Å². The van der Waals surface area contributed by atoms with Crippen LogP contribution in [-0.2, 0) is 0 Å². The first-order valence-corrected chi connectivity index (χ1v) is 10.4. The number of hydrogen-bond acceptors (Lipinski definition) is 6. The first-order chi connectivity index (χ1) is 15.9. The summed E-state index contributed by atoms with van der Waals surface area (Å²) in [4.78, 5) is 28.7. The van der Waals surface area contributed by atoms with Crippen LogP contribution in [0.25, 0.3) is 11.0 Å². The van der Waals surface area contributed by atoms with Gasteiger partial charge < -0.3 is 19.0 Å². The predicted molar refractivity (Wildman–Crippen MR) is 124 cm³/mol. The first kappa shape index (κ1) is 20.9. The number of hydrogen-bond donors (Lipinski definition) is 1. The zero-order valence-electron chi connectivity index (χ0n) is 17.7. The van der Waals surface area contributed by atoms with Crippen molar-refractivity contribution in [2.24, 2.45) is 0 Å². The lowest BCUT2D eigenvalue weighted by molar-refractivity contribution is 0.0971. The maximum atomic E-state index is 13.6. The van der Waals surface area contributed by atoms with Gasteiger partial charge in [-0.25, -0.2) is 0 Å². The minimum Gasteiger partial charge on any atom is -0.504 e. The van der Waals surface area contributed by atoms with Crippen molar-refractivity contribution < 1.29 is 23.8 Å². The molecular weight excluding hydrogens is 446 g/mol. The van der Waals surface area contributed by atoms with Crippen LogP contribution < -0.4 is 19.8 Å². The lowest BCUT2D eigenvalue weighted by Crippen LogP contribution is -2.29. The Labute approximate surface area is 193 Å². The molecule has 0 spiro atoms. The second kappa shape index (κ2) is 7.86. The molecule has 1 amide bonds. The molecule has 1 aromatic heterocycles. The van der Waals surface area contributed by atoms with Crippen molar-refractivity contribution in [2.75, 3.05) is 19.1 Å². The van der Waals surface area contributed by atoms with Crippen LogP contribution in [0.4, 0.5) is 5.69 Å². The Morgan fingerprint density at radius 3 is 2.58 bits per heavy atom. The summed E-state index contributed by atoms with van der Waals surface area (Å²) in [5.74, 6) is 0.191. The van der Waals surface area contributed by atoms with E-state index in [2.05, 4.69) is 0 Å². The van der Waals surface area contributed by atoms with Crippen molar-refractivity contribution in [1.82, 2.24) is 0 Å². The number of carbonyl (C=O) groups is 1. The van der Waals surface area contributed by atoms with E-state index in [9.17, 15) is 14.7 Å². The molecule has 1 N–H and O–H groups in total. The second-order valence-corrected chi connectivity index (χ2v) is 7.96. The summed E-state index contributed by atoms with van der Waals surface area (Å²) in [6, 6.07) is 15.5. The molecule has 0 saturated heterocycles. The normalized spacial score (nSPS) is 15.1. The van der Waals surface area contributed by atoms with Crippen molar-refractivity contribution in [3.8, 4) is 17.2 Å². The van der Waals surface area contributed by atoms with Crippen molar-refractivity contribution in [3.63, 3.8) is 0 Å². The predicted octanol–water partition coefficient (Wildman–Crippen LogP) is 4.92. The number of anilines is 1. The van der Waals surface area contributed by atoms with Crippen molar-refractivity contribution >= 4 is 34.2 Å². The molecule has 4 aromatic rings. The largest absolute Gasteiger partial charge is 0.504 e. The summed E-state index contributed by atoms with van der Waals surface area (Å²) in [7, 11) is 2.96. The third kappa shape index (κ3) is 3.29. The highest BCUT2D eigenvalue weighted by atomic mass is 35.5. The fraction of sp³-hybridized carbons (Fsp3) is 0.120. The molecule has 1 aliphatic rings. The lowest BCUT2D eigenvalue weighted by atomic mass is 9.97. The molecule has 1 unspecified atom stereocenters. The van der Waals surface area contributed by atoms with Gasteiger partial charge in [-0.05, 0) is 48.0 Å². The molecule has 0 bridgehead atoms. The number of nitrogens with zero attached hydrogens (tertiary/aromatic N) is 1. The second-order valence-electron chi connectivity index (χ2n) is 7.52. The number of benzene rings is 3. The smallest absolute Gasteiger partial charge is 0.295 e.